The lowest BCUT2D eigenvalue weighted by Gasteiger charge is -2.34. The first-order chi connectivity index (χ1) is 32.7. The Labute approximate surface area is 382 Å². The first kappa shape index (κ1) is 37.8. The maximum atomic E-state index is 10.2. The van der Waals surface area contributed by atoms with Gasteiger partial charge in [0.25, 0.3) is 0 Å². The molecule has 0 radical (unpaired) electrons. The maximum Gasteiger partial charge on any atom is 0.179 e. The van der Waals surface area contributed by atoms with Crippen LogP contribution in [0.2, 0.25) is 0 Å². The van der Waals surface area contributed by atoms with E-state index in [1.807, 2.05) is 6.07 Å². The van der Waals surface area contributed by atoms with E-state index in [-0.39, 0.29) is 0 Å². The summed E-state index contributed by atoms with van der Waals surface area (Å²) >= 11 is 0. The van der Waals surface area contributed by atoms with Gasteiger partial charge in [-0.15, -0.1) is 0 Å². The Balaban J connectivity index is 1.05. The molecule has 3 heterocycles. The Morgan fingerprint density at radius 1 is 0.303 bits per heavy atom. The summed E-state index contributed by atoms with van der Waals surface area (Å²) in [6.45, 7) is 0. The van der Waals surface area contributed by atoms with Crippen LogP contribution in [0, 0.1) is 11.3 Å². The van der Waals surface area contributed by atoms with Crippen LogP contribution in [0.1, 0.15) is 5.56 Å². The topological polar surface area (TPSA) is 38.6 Å². The average Bonchev–Trinajstić information content (AvgIpc) is 4.03. The number of fused-ring (bicyclic) bond motifs is 9. The van der Waals surface area contributed by atoms with Gasteiger partial charge in [0.05, 0.1) is 50.4 Å². The lowest BCUT2D eigenvalue weighted by atomic mass is 10.1. The fourth-order valence-electron chi connectivity index (χ4n) is 11.1. The predicted molar refractivity (Wildman–Crippen MR) is 278 cm³/mol. The molecule has 308 valence electrons. The Kier molecular flexibility index (Phi) is 8.57. The van der Waals surface area contributed by atoms with Crippen LogP contribution in [0.15, 0.2) is 243 Å². The molecule has 3 aromatic heterocycles. The quantitative estimate of drug-likeness (QED) is 0.116. The van der Waals surface area contributed by atoms with E-state index in [0.717, 1.165) is 60.9 Å². The zero-order valence-corrected chi connectivity index (χ0v) is 36.9. The molecule has 0 saturated heterocycles. The van der Waals surface area contributed by atoms with Gasteiger partial charge >= 0.3 is 0 Å². The Morgan fingerprint density at radius 2 is 0.742 bits per heavy atom. The van der Waals surface area contributed by atoms with E-state index in [2.05, 4.69) is 256 Å². The van der Waals surface area contributed by atoms with Crippen LogP contribution in [-0.4, -0.2) is 21.8 Å². The summed E-state index contributed by atoms with van der Waals surface area (Å²) < 4.78 is 7.23. The monoisotopic (exact) mass is 856 g/mol. The summed E-state index contributed by atoms with van der Waals surface area (Å²) in [6, 6.07) is 90.9. The lowest BCUT2D eigenvalue weighted by Crippen LogP contribution is -2.74. The van der Waals surface area contributed by atoms with Gasteiger partial charge in [0, 0.05) is 43.7 Å². The highest BCUT2D eigenvalue weighted by Gasteiger charge is 2.41. The molecule has 5 heteroatoms. The van der Waals surface area contributed by atoms with Crippen LogP contribution >= 0.6 is 0 Å². The van der Waals surface area contributed by atoms with E-state index in [1.54, 1.807) is 0 Å². The number of para-hydroxylation sites is 3. The van der Waals surface area contributed by atoms with Gasteiger partial charge in [0.15, 0.2) is 8.07 Å². The Hall–Kier alpha value is -8.69. The van der Waals surface area contributed by atoms with E-state index in [1.165, 1.54) is 42.3 Å². The zero-order valence-electron chi connectivity index (χ0n) is 35.9. The first-order valence-corrected chi connectivity index (χ1v) is 24.5. The minimum atomic E-state index is -2.78. The van der Waals surface area contributed by atoms with Crippen molar-refractivity contribution in [3.05, 3.63) is 248 Å². The lowest BCUT2D eigenvalue weighted by molar-refractivity contribution is 1.16. The van der Waals surface area contributed by atoms with Gasteiger partial charge in [-0.05, 0) is 99.6 Å². The Bertz CT molecular complexity index is 3910. The summed E-state index contributed by atoms with van der Waals surface area (Å²) in [7, 11) is -2.78. The largest absolute Gasteiger partial charge is 0.309 e. The molecule has 0 atom stereocenters. The molecule has 10 aromatic carbocycles. The maximum absolute atomic E-state index is 10.2. The molecular formula is C61H40N4Si. The molecule has 0 unspecified atom stereocenters. The molecule has 0 spiro atoms. The molecule has 0 fully saturated rings. The number of hydrogen-bond donors (Lipinski definition) is 0. The average molecular weight is 857 g/mol. The predicted octanol–water partition coefficient (Wildman–Crippen LogP) is 12.2. The van der Waals surface area contributed by atoms with Crippen molar-refractivity contribution in [1.82, 2.24) is 13.7 Å². The molecule has 0 saturated carbocycles. The van der Waals surface area contributed by atoms with E-state index < -0.39 is 8.07 Å². The number of benzene rings is 10. The van der Waals surface area contributed by atoms with Crippen LogP contribution in [0.3, 0.4) is 0 Å². The molecule has 0 aliphatic rings. The highest BCUT2D eigenvalue weighted by molar-refractivity contribution is 7.19. The van der Waals surface area contributed by atoms with Crippen molar-refractivity contribution in [2.24, 2.45) is 0 Å². The second-order valence-electron chi connectivity index (χ2n) is 17.2. The standard InChI is InChI=1S/C61H40N4Si/c62-41-42-34-36-58-53(38-42)61-59(32-17-33-60(61)65-55-30-14-10-26-49(55)50-27-11-15-31-56(50)65)64(58)44-35-37-57-52(40-44)51-28-12-13-29-54(51)63(57)43-18-16-25-48(39-43)66(45-19-4-1-5-20-45,46-21-6-2-7-22-46)47-23-8-3-9-24-47/h1-40H. The van der Waals surface area contributed by atoms with Crippen molar-refractivity contribution in [1.29, 1.82) is 5.26 Å². The summed E-state index contributed by atoms with van der Waals surface area (Å²) in [6.07, 6.45) is 0. The van der Waals surface area contributed by atoms with E-state index in [4.69, 9.17) is 0 Å². The number of rotatable bonds is 7. The smallest absolute Gasteiger partial charge is 0.179 e. The van der Waals surface area contributed by atoms with Crippen molar-refractivity contribution < 1.29 is 0 Å². The SMILES string of the molecule is N#Cc1ccc2c(c1)c1c(-n3c4ccccc4c4ccccc43)cccc1n2-c1ccc2c(c1)c1ccccc1n2-c1cccc([Si](c2ccccc2)(c2ccccc2)c2ccccc2)c1. The molecule has 4 nitrogen and oxygen atoms in total. The number of nitrogens with zero attached hydrogens (tertiary/aromatic N) is 4. The van der Waals surface area contributed by atoms with E-state index in [9.17, 15) is 5.26 Å². The normalized spacial score (nSPS) is 11.9. The number of nitriles is 1. The van der Waals surface area contributed by atoms with Crippen molar-refractivity contribution >= 4 is 94.2 Å². The third-order valence-electron chi connectivity index (χ3n) is 13.8. The fraction of sp³-hybridized carbons (Fsp3) is 0. The van der Waals surface area contributed by atoms with E-state index in [0.29, 0.717) is 5.56 Å². The molecule has 0 aliphatic heterocycles. The van der Waals surface area contributed by atoms with Gasteiger partial charge in [-0.2, -0.15) is 5.26 Å². The molecular weight excluding hydrogens is 817 g/mol. The second-order valence-corrected chi connectivity index (χ2v) is 21.0. The molecule has 0 N–H and O–H groups in total. The highest BCUT2D eigenvalue weighted by Crippen LogP contribution is 2.41. The zero-order chi connectivity index (χ0) is 43.8. The summed E-state index contributed by atoms with van der Waals surface area (Å²) in [5.41, 5.74) is 10.6. The van der Waals surface area contributed by atoms with Crippen LogP contribution in [0.4, 0.5) is 0 Å². The van der Waals surface area contributed by atoms with Crippen LogP contribution in [-0.2, 0) is 0 Å². The summed E-state index contributed by atoms with van der Waals surface area (Å²) in [5.74, 6) is 0. The molecule has 0 bridgehead atoms. The third-order valence-corrected chi connectivity index (χ3v) is 18.6. The molecule has 13 aromatic rings. The third kappa shape index (κ3) is 5.49. The van der Waals surface area contributed by atoms with Crippen LogP contribution in [0.25, 0.3) is 82.5 Å². The van der Waals surface area contributed by atoms with Gasteiger partial charge < -0.3 is 13.7 Å². The molecule has 0 amide bonds. The molecule has 13 rings (SSSR count). The van der Waals surface area contributed by atoms with Crippen molar-refractivity contribution in [2.75, 3.05) is 0 Å². The van der Waals surface area contributed by atoms with Gasteiger partial charge in [-0.3, -0.25) is 0 Å². The van der Waals surface area contributed by atoms with Gasteiger partial charge in [-0.1, -0.05) is 164 Å². The van der Waals surface area contributed by atoms with Gasteiger partial charge in [0.2, 0.25) is 0 Å². The summed E-state index contributed by atoms with van der Waals surface area (Å²) in [4.78, 5) is 0. The highest BCUT2D eigenvalue weighted by atomic mass is 28.3. The van der Waals surface area contributed by atoms with Crippen LogP contribution in [0.5, 0.6) is 0 Å². The second kappa shape index (κ2) is 15.0. The number of aromatic nitrogens is 3. The van der Waals surface area contributed by atoms with Gasteiger partial charge in [0.1, 0.15) is 0 Å². The minimum Gasteiger partial charge on any atom is -0.309 e. The first-order valence-electron chi connectivity index (χ1n) is 22.5. The van der Waals surface area contributed by atoms with Crippen molar-refractivity contribution in [2.45, 2.75) is 0 Å². The fourth-order valence-corrected chi connectivity index (χ4v) is 15.9. The van der Waals surface area contributed by atoms with E-state index >= 15 is 0 Å². The molecule has 0 aliphatic carbocycles. The number of hydrogen-bond acceptors (Lipinski definition) is 1. The minimum absolute atomic E-state index is 0.637. The van der Waals surface area contributed by atoms with Crippen molar-refractivity contribution in [3.8, 4) is 23.1 Å². The summed E-state index contributed by atoms with van der Waals surface area (Å²) in [5, 5.41) is 22.5. The van der Waals surface area contributed by atoms with Crippen molar-refractivity contribution in [3.63, 3.8) is 0 Å². The van der Waals surface area contributed by atoms with Gasteiger partial charge in [-0.25, -0.2) is 0 Å². The van der Waals surface area contributed by atoms with Crippen LogP contribution < -0.4 is 20.7 Å². The Morgan fingerprint density at radius 3 is 1.35 bits per heavy atom. The molecule has 66 heavy (non-hydrogen) atoms.